The number of aromatic nitrogens is 2. The van der Waals surface area contributed by atoms with Gasteiger partial charge in [0, 0.05) is 58.4 Å². The highest BCUT2D eigenvalue weighted by molar-refractivity contribution is 7.89. The number of anilines is 2. The predicted molar refractivity (Wildman–Crippen MR) is 157 cm³/mol. The normalized spacial score (nSPS) is 21.9. The number of amides is 1. The highest BCUT2D eigenvalue weighted by Gasteiger charge is 2.30. The molecule has 1 amide bonds. The van der Waals surface area contributed by atoms with Crippen LogP contribution >= 0.6 is 0 Å². The summed E-state index contributed by atoms with van der Waals surface area (Å²) in [5.41, 5.74) is 5.35. The summed E-state index contributed by atoms with van der Waals surface area (Å²) in [5.74, 6) is -0.0646. The maximum atomic E-state index is 13.4. The van der Waals surface area contributed by atoms with Crippen LogP contribution in [0.25, 0.3) is 10.8 Å². The fourth-order valence-corrected chi connectivity index (χ4v) is 6.74. The van der Waals surface area contributed by atoms with Gasteiger partial charge in [-0.2, -0.15) is 9.29 Å². The lowest BCUT2D eigenvalue weighted by atomic mass is 10.1. The molecule has 6 rings (SSSR count). The highest BCUT2D eigenvalue weighted by Crippen LogP contribution is 2.25. The molecule has 0 bridgehead atoms. The standard InChI is InChI=1S/C29H36N6O7S/c36-28(33-42-26-10-4-6-18-40-26)24-20-30-29(31-27(24)32-41-25-9-3-5-17-39-25)34-13-15-35(16-14-34)43(37,38)23-12-11-21-7-1-2-8-22(21)19-23/h1-2,7-8,11-12,19-20,25-26H,3-6,9-10,13-18H2,(H,33,36)(H,30,31,32). The van der Waals surface area contributed by atoms with Crippen molar-refractivity contribution in [2.45, 2.75) is 56.0 Å². The molecule has 2 N–H and O–H groups in total. The van der Waals surface area contributed by atoms with Crippen LogP contribution in [0, 0.1) is 0 Å². The molecule has 0 spiro atoms. The molecule has 3 saturated heterocycles. The summed E-state index contributed by atoms with van der Waals surface area (Å²) in [6, 6.07) is 12.9. The minimum Gasteiger partial charge on any atom is -0.350 e. The summed E-state index contributed by atoms with van der Waals surface area (Å²) >= 11 is 0. The second-order valence-electron chi connectivity index (χ2n) is 10.7. The first-order valence-corrected chi connectivity index (χ1v) is 16.1. The molecule has 2 aromatic carbocycles. The second kappa shape index (κ2) is 13.5. The summed E-state index contributed by atoms with van der Waals surface area (Å²) in [7, 11) is -3.68. The number of carbonyl (C=O) groups excluding carboxylic acids is 1. The predicted octanol–water partition coefficient (Wildman–Crippen LogP) is 3.20. The van der Waals surface area contributed by atoms with Crippen LogP contribution in [0.2, 0.25) is 0 Å². The monoisotopic (exact) mass is 612 g/mol. The number of sulfonamides is 1. The van der Waals surface area contributed by atoms with E-state index in [-0.39, 0.29) is 29.4 Å². The Balaban J connectivity index is 1.14. The lowest BCUT2D eigenvalue weighted by Gasteiger charge is -2.34. The van der Waals surface area contributed by atoms with Crippen molar-refractivity contribution in [1.29, 1.82) is 0 Å². The zero-order valence-electron chi connectivity index (χ0n) is 23.8. The van der Waals surface area contributed by atoms with Crippen molar-refractivity contribution in [1.82, 2.24) is 19.8 Å². The van der Waals surface area contributed by atoms with Crippen molar-refractivity contribution >= 4 is 38.5 Å². The van der Waals surface area contributed by atoms with E-state index in [0.29, 0.717) is 45.1 Å². The molecule has 3 aliphatic heterocycles. The molecule has 3 fully saturated rings. The lowest BCUT2D eigenvalue weighted by Crippen LogP contribution is -2.49. The van der Waals surface area contributed by atoms with Gasteiger partial charge in [-0.3, -0.25) is 4.79 Å². The van der Waals surface area contributed by atoms with Crippen LogP contribution < -0.4 is 15.9 Å². The first-order chi connectivity index (χ1) is 21.0. The molecule has 14 heteroatoms. The Labute approximate surface area is 250 Å². The Hall–Kier alpha value is -3.40. The number of ether oxygens (including phenoxy) is 2. The third-order valence-corrected chi connectivity index (χ3v) is 9.64. The fraction of sp³-hybridized carbons (Fsp3) is 0.483. The average Bonchev–Trinajstić information content (AvgIpc) is 3.07. The van der Waals surface area contributed by atoms with Crippen molar-refractivity contribution in [3.63, 3.8) is 0 Å². The third-order valence-electron chi connectivity index (χ3n) is 7.75. The van der Waals surface area contributed by atoms with E-state index in [1.807, 2.05) is 35.2 Å². The van der Waals surface area contributed by atoms with Gasteiger partial charge in [0.2, 0.25) is 16.0 Å². The smallest absolute Gasteiger partial charge is 0.280 e. The third kappa shape index (κ3) is 7.06. The van der Waals surface area contributed by atoms with Crippen molar-refractivity contribution in [3.8, 4) is 0 Å². The van der Waals surface area contributed by atoms with E-state index in [0.717, 1.165) is 36.5 Å². The Morgan fingerprint density at radius 1 is 0.884 bits per heavy atom. The Bertz CT molecular complexity index is 1520. The van der Waals surface area contributed by atoms with Gasteiger partial charge in [-0.05, 0) is 48.6 Å². The number of fused-ring (bicyclic) bond motifs is 1. The van der Waals surface area contributed by atoms with Gasteiger partial charge >= 0.3 is 0 Å². The van der Waals surface area contributed by atoms with Gasteiger partial charge in [-0.1, -0.05) is 30.3 Å². The number of rotatable bonds is 9. The molecule has 2 unspecified atom stereocenters. The molecule has 43 heavy (non-hydrogen) atoms. The van der Waals surface area contributed by atoms with E-state index in [9.17, 15) is 13.2 Å². The first-order valence-electron chi connectivity index (χ1n) is 14.7. The number of hydroxylamine groups is 1. The number of hydrogen-bond acceptors (Lipinski definition) is 11. The van der Waals surface area contributed by atoms with Crippen LogP contribution in [-0.4, -0.2) is 80.6 Å². The van der Waals surface area contributed by atoms with Crippen molar-refractivity contribution in [3.05, 3.63) is 54.2 Å². The molecule has 3 aromatic rings. The molecular weight excluding hydrogens is 576 g/mol. The van der Waals surface area contributed by atoms with Crippen molar-refractivity contribution in [2.24, 2.45) is 0 Å². The molecule has 4 heterocycles. The number of benzene rings is 2. The lowest BCUT2D eigenvalue weighted by molar-refractivity contribution is -0.186. The molecule has 2 atom stereocenters. The van der Waals surface area contributed by atoms with Gasteiger partial charge in [0.25, 0.3) is 5.91 Å². The summed E-state index contributed by atoms with van der Waals surface area (Å²) in [6.45, 7) is 2.42. The van der Waals surface area contributed by atoms with E-state index < -0.39 is 28.5 Å². The molecule has 1 aromatic heterocycles. The number of nitrogens with zero attached hydrogens (tertiary/aromatic N) is 4. The molecular formula is C29H36N6O7S. The van der Waals surface area contributed by atoms with E-state index in [1.54, 1.807) is 12.1 Å². The molecule has 0 aliphatic carbocycles. The molecule has 0 radical (unpaired) electrons. The maximum absolute atomic E-state index is 13.4. The van der Waals surface area contributed by atoms with Gasteiger partial charge in [0.05, 0.1) is 4.90 Å². The average molecular weight is 613 g/mol. The van der Waals surface area contributed by atoms with E-state index >= 15 is 0 Å². The van der Waals surface area contributed by atoms with Gasteiger partial charge in [0.15, 0.2) is 18.4 Å². The summed E-state index contributed by atoms with van der Waals surface area (Å²) in [4.78, 5) is 35.4. The second-order valence-corrected chi connectivity index (χ2v) is 12.6. The van der Waals surface area contributed by atoms with Crippen LogP contribution in [-0.2, 0) is 29.2 Å². The molecule has 230 valence electrons. The van der Waals surface area contributed by atoms with Crippen LogP contribution in [0.15, 0.2) is 53.6 Å². The Kier molecular flexibility index (Phi) is 9.31. The fourth-order valence-electron chi connectivity index (χ4n) is 5.28. The van der Waals surface area contributed by atoms with Gasteiger partial charge in [-0.25, -0.2) is 34.0 Å². The maximum Gasteiger partial charge on any atom is 0.280 e. The summed E-state index contributed by atoms with van der Waals surface area (Å²) in [5, 5.41) is 1.86. The number of nitrogens with one attached hydrogen (secondary N) is 2. The first kappa shape index (κ1) is 29.7. The topological polar surface area (TPSA) is 144 Å². The minimum absolute atomic E-state index is 0.118. The van der Waals surface area contributed by atoms with Gasteiger partial charge in [0.1, 0.15) is 5.56 Å². The number of hydrogen-bond donors (Lipinski definition) is 2. The number of piperazine rings is 1. The van der Waals surface area contributed by atoms with Crippen LogP contribution in [0.4, 0.5) is 11.8 Å². The SMILES string of the molecule is O=C(NOC1CCCCO1)c1cnc(N2CCN(S(=O)(=O)c3ccc4ccccc4c3)CC2)nc1NOC1CCCCO1. The largest absolute Gasteiger partial charge is 0.350 e. The summed E-state index contributed by atoms with van der Waals surface area (Å²) < 4.78 is 39.5. The van der Waals surface area contributed by atoms with Crippen molar-refractivity contribution < 1.29 is 32.4 Å². The van der Waals surface area contributed by atoms with Crippen LogP contribution in [0.1, 0.15) is 48.9 Å². The molecule has 0 saturated carbocycles. The zero-order valence-corrected chi connectivity index (χ0v) is 24.6. The minimum atomic E-state index is -3.68. The highest BCUT2D eigenvalue weighted by atomic mass is 32.2. The number of carbonyl (C=O) groups is 1. The van der Waals surface area contributed by atoms with E-state index in [2.05, 4.69) is 20.9 Å². The quantitative estimate of drug-likeness (QED) is 0.344. The zero-order chi connectivity index (χ0) is 29.6. The Morgan fingerprint density at radius 3 is 2.28 bits per heavy atom. The van der Waals surface area contributed by atoms with Crippen LogP contribution in [0.3, 0.4) is 0 Å². The van der Waals surface area contributed by atoms with E-state index in [1.165, 1.54) is 10.5 Å². The summed E-state index contributed by atoms with van der Waals surface area (Å²) in [6.07, 6.45) is 5.66. The van der Waals surface area contributed by atoms with Crippen molar-refractivity contribution in [2.75, 3.05) is 49.8 Å². The molecule has 3 aliphatic rings. The van der Waals surface area contributed by atoms with Gasteiger partial charge in [-0.15, -0.1) is 0 Å². The molecule has 13 nitrogen and oxygen atoms in total. The van der Waals surface area contributed by atoms with Gasteiger partial charge < -0.3 is 14.4 Å². The van der Waals surface area contributed by atoms with Crippen LogP contribution in [0.5, 0.6) is 0 Å². The Morgan fingerprint density at radius 2 is 1.58 bits per heavy atom. The van der Waals surface area contributed by atoms with E-state index in [4.69, 9.17) is 19.1 Å².